The maximum atomic E-state index is 13.0. The molecule has 0 aliphatic carbocycles. The Bertz CT molecular complexity index is 704. The summed E-state index contributed by atoms with van der Waals surface area (Å²) in [6.07, 6.45) is -4.80. The predicted octanol–water partition coefficient (Wildman–Crippen LogP) is 2.45. The molecular formula is C18H22F4N2O3. The van der Waals surface area contributed by atoms with Gasteiger partial charge >= 0.3 is 6.18 Å². The fourth-order valence-electron chi connectivity index (χ4n) is 3.27. The quantitative estimate of drug-likeness (QED) is 0.807. The van der Waals surface area contributed by atoms with Crippen LogP contribution < -0.4 is 0 Å². The summed E-state index contributed by atoms with van der Waals surface area (Å²) in [5.41, 5.74) is -3.15. The second kappa shape index (κ2) is 7.46. The Hall–Kier alpha value is -2.16. The SMILES string of the molecule is CC1CN(C(=O)[C@@](C)(O)C(F)(F)F)CCC1N(C)C(=O)c1ccc(F)cc1. The highest BCUT2D eigenvalue weighted by Gasteiger charge is 2.57. The van der Waals surface area contributed by atoms with Crippen LogP contribution in [0.2, 0.25) is 0 Å². The number of likely N-dealkylation sites (tertiary alicyclic amines) is 1. The van der Waals surface area contributed by atoms with Crippen molar-refractivity contribution < 1.29 is 32.3 Å². The molecule has 1 N–H and O–H groups in total. The number of nitrogens with zero attached hydrogens (tertiary/aromatic N) is 2. The maximum absolute atomic E-state index is 13.0. The highest BCUT2D eigenvalue weighted by atomic mass is 19.4. The summed E-state index contributed by atoms with van der Waals surface area (Å²) < 4.78 is 51.7. The summed E-state index contributed by atoms with van der Waals surface area (Å²) in [4.78, 5) is 27.1. The van der Waals surface area contributed by atoms with Crippen LogP contribution in [0.3, 0.4) is 0 Å². The second-order valence-electron chi connectivity index (χ2n) is 7.08. The third kappa shape index (κ3) is 4.23. The van der Waals surface area contributed by atoms with Crippen molar-refractivity contribution in [2.45, 2.75) is 38.1 Å². The van der Waals surface area contributed by atoms with E-state index in [0.29, 0.717) is 12.5 Å². The summed E-state index contributed by atoms with van der Waals surface area (Å²) in [6.45, 7) is 2.13. The van der Waals surface area contributed by atoms with Crippen molar-refractivity contribution in [1.82, 2.24) is 9.80 Å². The molecule has 150 valence electrons. The minimum Gasteiger partial charge on any atom is -0.373 e. The van der Waals surface area contributed by atoms with E-state index in [4.69, 9.17) is 0 Å². The first-order valence-corrected chi connectivity index (χ1v) is 8.47. The van der Waals surface area contributed by atoms with E-state index in [1.807, 2.05) is 0 Å². The molecule has 1 aliphatic rings. The average Bonchev–Trinajstić information content (AvgIpc) is 2.59. The number of amides is 2. The lowest BCUT2D eigenvalue weighted by atomic mass is 9.90. The molecule has 2 amide bonds. The van der Waals surface area contributed by atoms with Gasteiger partial charge in [0.15, 0.2) is 0 Å². The normalized spacial score (nSPS) is 22.9. The average molecular weight is 390 g/mol. The smallest absolute Gasteiger partial charge is 0.373 e. The van der Waals surface area contributed by atoms with Crippen molar-refractivity contribution in [1.29, 1.82) is 0 Å². The Kier molecular flexibility index (Phi) is 5.84. The van der Waals surface area contributed by atoms with Gasteiger partial charge in [0, 0.05) is 31.7 Å². The van der Waals surface area contributed by atoms with E-state index in [1.54, 1.807) is 14.0 Å². The molecule has 1 aromatic carbocycles. The molecule has 0 bridgehead atoms. The van der Waals surface area contributed by atoms with Gasteiger partial charge in [-0.3, -0.25) is 9.59 Å². The summed E-state index contributed by atoms with van der Waals surface area (Å²) in [7, 11) is 1.57. The van der Waals surface area contributed by atoms with Gasteiger partial charge in [-0.25, -0.2) is 4.39 Å². The monoisotopic (exact) mass is 390 g/mol. The van der Waals surface area contributed by atoms with Crippen LogP contribution in [0.1, 0.15) is 30.6 Å². The van der Waals surface area contributed by atoms with Gasteiger partial charge in [-0.1, -0.05) is 6.92 Å². The van der Waals surface area contributed by atoms with Crippen molar-refractivity contribution in [2.75, 3.05) is 20.1 Å². The van der Waals surface area contributed by atoms with Gasteiger partial charge in [-0.2, -0.15) is 13.2 Å². The van der Waals surface area contributed by atoms with E-state index in [9.17, 15) is 32.3 Å². The molecule has 5 nitrogen and oxygen atoms in total. The first-order valence-electron chi connectivity index (χ1n) is 8.47. The van der Waals surface area contributed by atoms with Crippen molar-refractivity contribution in [3.63, 3.8) is 0 Å². The zero-order chi connectivity index (χ0) is 20.6. The van der Waals surface area contributed by atoms with E-state index in [2.05, 4.69) is 0 Å². The second-order valence-corrected chi connectivity index (χ2v) is 7.08. The number of rotatable bonds is 3. The van der Waals surface area contributed by atoms with Gasteiger partial charge in [-0.15, -0.1) is 0 Å². The number of hydrogen-bond donors (Lipinski definition) is 1. The van der Waals surface area contributed by atoms with Crippen LogP contribution in [0.25, 0.3) is 0 Å². The zero-order valence-electron chi connectivity index (χ0n) is 15.3. The number of aliphatic hydroxyl groups is 1. The zero-order valence-corrected chi connectivity index (χ0v) is 15.3. The minimum absolute atomic E-state index is 0.0128. The standard InChI is InChI=1S/C18H22F4N2O3/c1-11-10-24(16(26)17(2,27)18(20,21)22)9-8-14(11)23(3)15(25)12-4-6-13(19)7-5-12/h4-7,11,14,27H,8-10H2,1-3H3/t11?,14?,17-/m1/s1. The van der Waals surface area contributed by atoms with Gasteiger partial charge < -0.3 is 14.9 Å². The first kappa shape index (κ1) is 21.1. The largest absolute Gasteiger partial charge is 0.426 e. The molecule has 0 saturated carbocycles. The number of halogens is 4. The molecule has 1 heterocycles. The van der Waals surface area contributed by atoms with Crippen molar-refractivity contribution in [3.8, 4) is 0 Å². The summed E-state index contributed by atoms with van der Waals surface area (Å²) >= 11 is 0. The molecule has 1 fully saturated rings. The molecular weight excluding hydrogens is 368 g/mol. The number of alkyl halides is 3. The van der Waals surface area contributed by atoms with Crippen molar-refractivity contribution in [2.24, 2.45) is 5.92 Å². The van der Waals surface area contributed by atoms with E-state index < -0.39 is 23.5 Å². The molecule has 3 atom stereocenters. The van der Waals surface area contributed by atoms with E-state index >= 15 is 0 Å². The lowest BCUT2D eigenvalue weighted by Crippen LogP contribution is -2.60. The van der Waals surface area contributed by atoms with E-state index in [0.717, 1.165) is 4.90 Å². The molecule has 1 saturated heterocycles. The lowest BCUT2D eigenvalue weighted by Gasteiger charge is -2.43. The van der Waals surface area contributed by atoms with Crippen LogP contribution in [-0.2, 0) is 4.79 Å². The van der Waals surface area contributed by atoms with Gasteiger partial charge in [0.25, 0.3) is 11.8 Å². The molecule has 27 heavy (non-hydrogen) atoms. The molecule has 0 aromatic heterocycles. The van der Waals surface area contributed by atoms with Crippen LogP contribution >= 0.6 is 0 Å². The van der Waals surface area contributed by atoms with E-state index in [-0.39, 0.29) is 37.4 Å². The number of carbonyl (C=O) groups excluding carboxylic acids is 2. The molecule has 9 heteroatoms. The predicted molar refractivity (Wildman–Crippen MR) is 89.3 cm³/mol. The third-order valence-electron chi connectivity index (χ3n) is 5.02. The summed E-state index contributed by atoms with van der Waals surface area (Å²) in [5.74, 6) is -2.51. The molecule has 0 radical (unpaired) electrons. The fraction of sp³-hybridized carbons (Fsp3) is 0.556. The Balaban J connectivity index is 2.07. The van der Waals surface area contributed by atoms with Gasteiger partial charge in [0.1, 0.15) is 5.82 Å². The highest BCUT2D eigenvalue weighted by molar-refractivity contribution is 5.94. The van der Waals surface area contributed by atoms with Gasteiger partial charge in [-0.05, 0) is 43.5 Å². The topological polar surface area (TPSA) is 60.9 Å². The van der Waals surface area contributed by atoms with Crippen molar-refractivity contribution in [3.05, 3.63) is 35.6 Å². The fourth-order valence-corrected chi connectivity index (χ4v) is 3.27. The van der Waals surface area contributed by atoms with Crippen LogP contribution in [0, 0.1) is 11.7 Å². The number of piperidine rings is 1. The molecule has 2 unspecified atom stereocenters. The van der Waals surface area contributed by atoms with Gasteiger partial charge in [0.05, 0.1) is 0 Å². The first-order chi connectivity index (χ1) is 12.4. The Morgan fingerprint density at radius 2 is 1.78 bits per heavy atom. The Morgan fingerprint density at radius 1 is 1.22 bits per heavy atom. The van der Waals surface area contributed by atoms with Crippen molar-refractivity contribution >= 4 is 11.8 Å². The van der Waals surface area contributed by atoms with Gasteiger partial charge in [0.2, 0.25) is 5.60 Å². The van der Waals surface area contributed by atoms with E-state index in [1.165, 1.54) is 29.2 Å². The lowest BCUT2D eigenvalue weighted by molar-refractivity contribution is -0.251. The van der Waals surface area contributed by atoms with Crippen LogP contribution in [-0.4, -0.2) is 64.7 Å². The Morgan fingerprint density at radius 3 is 2.26 bits per heavy atom. The molecule has 0 spiro atoms. The van der Waals surface area contributed by atoms with Crippen LogP contribution in [0.5, 0.6) is 0 Å². The molecule has 1 aliphatic heterocycles. The highest BCUT2D eigenvalue weighted by Crippen LogP contribution is 2.33. The number of hydrogen-bond acceptors (Lipinski definition) is 3. The number of benzene rings is 1. The van der Waals surface area contributed by atoms with Crippen LogP contribution in [0.15, 0.2) is 24.3 Å². The molecule has 2 rings (SSSR count). The number of carbonyl (C=O) groups is 2. The minimum atomic E-state index is -5.07. The maximum Gasteiger partial charge on any atom is 0.426 e. The van der Waals surface area contributed by atoms with Crippen LogP contribution in [0.4, 0.5) is 17.6 Å². The summed E-state index contributed by atoms with van der Waals surface area (Å²) in [6, 6.07) is 4.76. The Labute approximate surface area is 154 Å². The molecule has 1 aromatic rings. The third-order valence-corrected chi connectivity index (χ3v) is 5.02. The summed E-state index contributed by atoms with van der Waals surface area (Å²) in [5, 5.41) is 9.58.